The molecule has 0 aliphatic carbocycles. The van der Waals surface area contributed by atoms with Crippen LogP contribution in [-0.4, -0.2) is 29.7 Å². The average molecular weight is 322 g/mol. The molecule has 1 saturated heterocycles. The Kier molecular flexibility index (Phi) is 4.53. The van der Waals surface area contributed by atoms with Gasteiger partial charge in [-0.15, -0.1) is 0 Å². The topological polar surface area (TPSA) is 37.4 Å². The fourth-order valence-electron chi connectivity index (χ4n) is 2.01. The Labute approximate surface area is 121 Å². The zero-order valence-corrected chi connectivity index (χ0v) is 12.4. The molecule has 0 unspecified atom stereocenters. The lowest BCUT2D eigenvalue weighted by molar-refractivity contribution is -0.130. The summed E-state index contributed by atoms with van der Waals surface area (Å²) in [5.74, 6) is 0.217. The summed E-state index contributed by atoms with van der Waals surface area (Å²) in [5.41, 5.74) is 2.15. The largest absolute Gasteiger partial charge is 0.338 e. The SMILES string of the molecule is Cc1ccc(/C=C/C(=O)N2CCC(=O)CC2)c(Br)c1. The summed E-state index contributed by atoms with van der Waals surface area (Å²) >= 11 is 3.48. The van der Waals surface area contributed by atoms with Gasteiger partial charge in [-0.05, 0) is 30.2 Å². The van der Waals surface area contributed by atoms with Crippen molar-refractivity contribution < 1.29 is 9.59 Å². The maximum absolute atomic E-state index is 12.0. The van der Waals surface area contributed by atoms with Gasteiger partial charge in [0.2, 0.25) is 5.91 Å². The molecule has 0 atom stereocenters. The molecule has 4 heteroatoms. The van der Waals surface area contributed by atoms with Gasteiger partial charge in [0, 0.05) is 36.5 Å². The van der Waals surface area contributed by atoms with Gasteiger partial charge in [0.25, 0.3) is 0 Å². The molecule has 3 nitrogen and oxygen atoms in total. The zero-order chi connectivity index (χ0) is 13.8. The normalized spacial score (nSPS) is 16.1. The Morgan fingerprint density at radius 1 is 1.32 bits per heavy atom. The standard InChI is InChI=1S/C15H16BrNO2/c1-11-2-3-12(14(16)10-11)4-5-15(19)17-8-6-13(18)7-9-17/h2-5,10H,6-9H2,1H3/b5-4+. The highest BCUT2D eigenvalue weighted by Crippen LogP contribution is 2.19. The van der Waals surface area contributed by atoms with Crippen molar-refractivity contribution in [3.63, 3.8) is 0 Å². The van der Waals surface area contributed by atoms with Crippen LogP contribution in [0.15, 0.2) is 28.7 Å². The van der Waals surface area contributed by atoms with Gasteiger partial charge < -0.3 is 4.90 Å². The number of Topliss-reactive ketones (excluding diaryl/α,β-unsaturated/α-hetero) is 1. The Morgan fingerprint density at radius 2 is 2.00 bits per heavy atom. The van der Waals surface area contributed by atoms with Crippen molar-refractivity contribution in [1.82, 2.24) is 4.90 Å². The fourth-order valence-corrected chi connectivity index (χ4v) is 2.64. The number of hydrogen-bond acceptors (Lipinski definition) is 2. The van der Waals surface area contributed by atoms with Gasteiger partial charge in [-0.3, -0.25) is 9.59 Å². The van der Waals surface area contributed by atoms with E-state index in [1.54, 1.807) is 11.0 Å². The number of nitrogens with zero attached hydrogens (tertiary/aromatic N) is 1. The summed E-state index contributed by atoms with van der Waals surface area (Å²) in [6.07, 6.45) is 4.34. The molecule has 0 spiro atoms. The highest BCUT2D eigenvalue weighted by Gasteiger charge is 2.18. The van der Waals surface area contributed by atoms with Crippen molar-refractivity contribution in [2.24, 2.45) is 0 Å². The number of ketones is 1. The molecule has 1 aliphatic rings. The second-order valence-corrected chi connectivity index (χ2v) is 5.58. The second-order valence-electron chi connectivity index (χ2n) is 4.72. The summed E-state index contributed by atoms with van der Waals surface area (Å²) in [4.78, 5) is 24.8. The Balaban J connectivity index is 2.01. The predicted molar refractivity (Wildman–Crippen MR) is 78.7 cm³/mol. The average Bonchev–Trinajstić information content (AvgIpc) is 2.38. The first-order valence-corrected chi connectivity index (χ1v) is 7.10. The third-order valence-corrected chi connectivity index (χ3v) is 3.88. The van der Waals surface area contributed by atoms with Gasteiger partial charge in [0.1, 0.15) is 5.78 Å². The Morgan fingerprint density at radius 3 is 2.63 bits per heavy atom. The maximum atomic E-state index is 12.0. The molecule has 19 heavy (non-hydrogen) atoms. The highest BCUT2D eigenvalue weighted by molar-refractivity contribution is 9.10. The van der Waals surface area contributed by atoms with Gasteiger partial charge in [0.05, 0.1) is 0 Å². The van der Waals surface area contributed by atoms with Gasteiger partial charge >= 0.3 is 0 Å². The molecular formula is C15H16BrNO2. The lowest BCUT2D eigenvalue weighted by atomic mass is 10.1. The van der Waals surface area contributed by atoms with E-state index >= 15 is 0 Å². The van der Waals surface area contributed by atoms with Crippen LogP contribution in [0, 0.1) is 6.92 Å². The summed E-state index contributed by atoms with van der Waals surface area (Å²) in [7, 11) is 0. The monoisotopic (exact) mass is 321 g/mol. The number of amides is 1. The van der Waals surface area contributed by atoms with Crippen LogP contribution < -0.4 is 0 Å². The maximum Gasteiger partial charge on any atom is 0.246 e. The van der Waals surface area contributed by atoms with Crippen LogP contribution in [0.2, 0.25) is 0 Å². The van der Waals surface area contributed by atoms with Crippen molar-refractivity contribution >= 4 is 33.7 Å². The zero-order valence-electron chi connectivity index (χ0n) is 10.9. The fraction of sp³-hybridized carbons (Fsp3) is 0.333. The van der Waals surface area contributed by atoms with Crippen LogP contribution in [-0.2, 0) is 9.59 Å². The molecule has 1 amide bonds. The lowest BCUT2D eigenvalue weighted by Gasteiger charge is -2.24. The number of hydrogen-bond donors (Lipinski definition) is 0. The number of carbonyl (C=O) groups is 2. The molecule has 0 radical (unpaired) electrons. The third kappa shape index (κ3) is 3.77. The van der Waals surface area contributed by atoms with Crippen LogP contribution in [0.3, 0.4) is 0 Å². The number of aryl methyl sites for hydroxylation is 1. The molecule has 100 valence electrons. The Bertz CT molecular complexity index is 527. The van der Waals surface area contributed by atoms with Crippen molar-refractivity contribution in [2.45, 2.75) is 19.8 Å². The summed E-state index contributed by atoms with van der Waals surface area (Å²) < 4.78 is 0.977. The summed E-state index contributed by atoms with van der Waals surface area (Å²) in [6.45, 7) is 3.10. The predicted octanol–water partition coefficient (Wildman–Crippen LogP) is 2.96. The van der Waals surface area contributed by atoms with Crippen molar-refractivity contribution in [3.8, 4) is 0 Å². The molecule has 1 aromatic rings. The first-order valence-electron chi connectivity index (χ1n) is 6.31. The summed E-state index contributed by atoms with van der Waals surface area (Å²) in [6, 6.07) is 6.00. The van der Waals surface area contributed by atoms with E-state index in [-0.39, 0.29) is 11.7 Å². The molecule has 0 N–H and O–H groups in total. The first kappa shape index (κ1) is 14.0. The molecule has 1 heterocycles. The van der Waals surface area contributed by atoms with E-state index in [1.165, 1.54) is 5.56 Å². The molecule has 1 fully saturated rings. The molecule has 1 aliphatic heterocycles. The third-order valence-electron chi connectivity index (χ3n) is 3.19. The van der Waals surface area contributed by atoms with E-state index in [0.717, 1.165) is 10.0 Å². The van der Waals surface area contributed by atoms with E-state index in [2.05, 4.69) is 15.9 Å². The van der Waals surface area contributed by atoms with Crippen LogP contribution in [0.5, 0.6) is 0 Å². The molecule has 0 bridgehead atoms. The second kappa shape index (κ2) is 6.15. The quantitative estimate of drug-likeness (QED) is 0.785. The van der Waals surface area contributed by atoms with Gasteiger partial charge in [-0.25, -0.2) is 0 Å². The van der Waals surface area contributed by atoms with E-state index in [9.17, 15) is 9.59 Å². The number of likely N-dealkylation sites (tertiary alicyclic amines) is 1. The van der Waals surface area contributed by atoms with Gasteiger partial charge in [0.15, 0.2) is 0 Å². The van der Waals surface area contributed by atoms with E-state index in [4.69, 9.17) is 0 Å². The number of carbonyl (C=O) groups excluding carboxylic acids is 2. The molecule has 0 saturated carbocycles. The molecule has 1 aromatic carbocycles. The highest BCUT2D eigenvalue weighted by atomic mass is 79.9. The van der Waals surface area contributed by atoms with E-state index in [1.807, 2.05) is 31.2 Å². The van der Waals surface area contributed by atoms with Gasteiger partial charge in [-0.2, -0.15) is 0 Å². The first-order chi connectivity index (χ1) is 9.06. The van der Waals surface area contributed by atoms with Crippen LogP contribution in [0.25, 0.3) is 6.08 Å². The Hall–Kier alpha value is -1.42. The summed E-state index contributed by atoms with van der Waals surface area (Å²) in [5, 5.41) is 0. The number of benzene rings is 1. The molecular weight excluding hydrogens is 306 g/mol. The van der Waals surface area contributed by atoms with Gasteiger partial charge in [-0.1, -0.05) is 28.1 Å². The van der Waals surface area contributed by atoms with Crippen molar-refractivity contribution in [3.05, 3.63) is 39.9 Å². The lowest BCUT2D eigenvalue weighted by Crippen LogP contribution is -2.37. The van der Waals surface area contributed by atoms with E-state index < -0.39 is 0 Å². The van der Waals surface area contributed by atoms with Crippen molar-refractivity contribution in [2.75, 3.05) is 13.1 Å². The number of rotatable bonds is 2. The van der Waals surface area contributed by atoms with Crippen molar-refractivity contribution in [1.29, 1.82) is 0 Å². The number of piperidine rings is 1. The van der Waals surface area contributed by atoms with Crippen LogP contribution >= 0.6 is 15.9 Å². The van der Waals surface area contributed by atoms with E-state index in [0.29, 0.717) is 25.9 Å². The molecule has 2 rings (SSSR count). The number of halogens is 1. The minimum Gasteiger partial charge on any atom is -0.338 e. The minimum atomic E-state index is -0.0278. The van der Waals surface area contributed by atoms with Crippen LogP contribution in [0.1, 0.15) is 24.0 Å². The van der Waals surface area contributed by atoms with Crippen LogP contribution in [0.4, 0.5) is 0 Å². The minimum absolute atomic E-state index is 0.0278. The molecule has 0 aromatic heterocycles. The smallest absolute Gasteiger partial charge is 0.246 e.